The molecular weight excluding hydrogens is 390 g/mol. The highest BCUT2D eigenvalue weighted by Crippen LogP contribution is 2.42. The number of carbonyl (C=O) groups is 2. The minimum Gasteiger partial charge on any atom is -0.383 e. The lowest BCUT2D eigenvalue weighted by Crippen LogP contribution is -2.48. The standard InChI is InChI=1S/C25H25N3O3/c1-31-16-15-28-23(18-9-3-2-4-10-18)22(20-12-5-6-13-21(20)25(28)30)24(29)27-17-19-11-7-8-14-26-19/h2-14,22-23H,15-17H2,1H3,(H,27,29)/t22-,23+/m0/s1. The van der Waals surface area contributed by atoms with Crippen molar-refractivity contribution in [3.63, 3.8) is 0 Å². The number of benzene rings is 2. The molecule has 158 valence electrons. The highest BCUT2D eigenvalue weighted by molar-refractivity contribution is 6.01. The first-order valence-electron chi connectivity index (χ1n) is 10.3. The molecule has 1 aliphatic rings. The van der Waals surface area contributed by atoms with E-state index in [4.69, 9.17) is 4.74 Å². The van der Waals surface area contributed by atoms with Gasteiger partial charge in [-0.3, -0.25) is 14.6 Å². The molecule has 0 bridgehead atoms. The van der Waals surface area contributed by atoms with Gasteiger partial charge in [0.15, 0.2) is 0 Å². The fourth-order valence-corrected chi connectivity index (χ4v) is 4.12. The van der Waals surface area contributed by atoms with E-state index in [1.54, 1.807) is 24.3 Å². The van der Waals surface area contributed by atoms with Crippen LogP contribution in [-0.4, -0.2) is 42.0 Å². The Kier molecular flexibility index (Phi) is 6.38. The van der Waals surface area contributed by atoms with E-state index in [1.807, 2.05) is 66.7 Å². The number of nitrogens with one attached hydrogen (secondary N) is 1. The number of amides is 2. The smallest absolute Gasteiger partial charge is 0.254 e. The number of ether oxygens (including phenoxy) is 1. The fourth-order valence-electron chi connectivity index (χ4n) is 4.12. The van der Waals surface area contributed by atoms with E-state index in [-0.39, 0.29) is 11.8 Å². The second kappa shape index (κ2) is 9.53. The molecule has 0 unspecified atom stereocenters. The Bertz CT molecular complexity index is 1040. The molecule has 4 rings (SSSR count). The predicted molar refractivity (Wildman–Crippen MR) is 117 cm³/mol. The van der Waals surface area contributed by atoms with Gasteiger partial charge >= 0.3 is 0 Å². The van der Waals surface area contributed by atoms with Gasteiger partial charge in [-0.2, -0.15) is 0 Å². The third kappa shape index (κ3) is 4.34. The zero-order valence-corrected chi connectivity index (χ0v) is 17.4. The summed E-state index contributed by atoms with van der Waals surface area (Å²) in [6.07, 6.45) is 1.70. The Labute approximate surface area is 181 Å². The van der Waals surface area contributed by atoms with Crippen LogP contribution in [0.4, 0.5) is 0 Å². The Morgan fingerprint density at radius 2 is 1.77 bits per heavy atom. The van der Waals surface area contributed by atoms with Crippen molar-refractivity contribution in [2.75, 3.05) is 20.3 Å². The van der Waals surface area contributed by atoms with Gasteiger partial charge in [-0.1, -0.05) is 54.6 Å². The van der Waals surface area contributed by atoms with E-state index in [9.17, 15) is 9.59 Å². The van der Waals surface area contributed by atoms with Crippen molar-refractivity contribution in [2.24, 2.45) is 0 Å². The molecule has 0 radical (unpaired) electrons. The molecule has 1 aliphatic heterocycles. The Balaban J connectivity index is 1.74. The van der Waals surface area contributed by atoms with Gasteiger partial charge < -0.3 is 15.0 Å². The van der Waals surface area contributed by atoms with Crippen molar-refractivity contribution in [3.05, 3.63) is 101 Å². The molecule has 6 heteroatoms. The summed E-state index contributed by atoms with van der Waals surface area (Å²) in [7, 11) is 1.61. The Morgan fingerprint density at radius 1 is 1.03 bits per heavy atom. The fraction of sp³-hybridized carbons (Fsp3) is 0.240. The number of fused-ring (bicyclic) bond motifs is 1. The van der Waals surface area contributed by atoms with E-state index < -0.39 is 12.0 Å². The number of hydrogen-bond acceptors (Lipinski definition) is 4. The van der Waals surface area contributed by atoms with Gasteiger partial charge in [0.2, 0.25) is 5.91 Å². The SMILES string of the molecule is COCCN1C(=O)c2ccccc2[C@H](C(=O)NCc2ccccn2)[C@H]1c1ccccc1. The summed E-state index contributed by atoms with van der Waals surface area (Å²) in [5.41, 5.74) is 3.00. The predicted octanol–water partition coefficient (Wildman–Crippen LogP) is 3.33. The zero-order chi connectivity index (χ0) is 21.6. The van der Waals surface area contributed by atoms with Gasteiger partial charge in [-0.25, -0.2) is 0 Å². The van der Waals surface area contributed by atoms with E-state index in [0.717, 1.165) is 16.8 Å². The molecule has 0 spiro atoms. The van der Waals surface area contributed by atoms with Crippen LogP contribution in [0.15, 0.2) is 79.0 Å². The second-order valence-electron chi connectivity index (χ2n) is 7.45. The second-order valence-corrected chi connectivity index (χ2v) is 7.45. The highest BCUT2D eigenvalue weighted by atomic mass is 16.5. The maximum Gasteiger partial charge on any atom is 0.254 e. The minimum absolute atomic E-state index is 0.0877. The van der Waals surface area contributed by atoms with Gasteiger partial charge in [-0.05, 0) is 29.3 Å². The van der Waals surface area contributed by atoms with E-state index in [1.165, 1.54) is 0 Å². The molecule has 0 saturated carbocycles. The molecule has 0 fully saturated rings. The molecule has 0 saturated heterocycles. The van der Waals surface area contributed by atoms with Gasteiger partial charge in [-0.15, -0.1) is 0 Å². The van der Waals surface area contributed by atoms with E-state index in [0.29, 0.717) is 25.3 Å². The first-order valence-corrected chi connectivity index (χ1v) is 10.3. The maximum absolute atomic E-state index is 13.5. The van der Waals surface area contributed by atoms with Crippen molar-refractivity contribution >= 4 is 11.8 Å². The van der Waals surface area contributed by atoms with E-state index in [2.05, 4.69) is 10.3 Å². The van der Waals surface area contributed by atoms with Crippen LogP contribution in [0.1, 0.15) is 39.1 Å². The lowest BCUT2D eigenvalue weighted by atomic mass is 9.79. The average molecular weight is 415 g/mol. The lowest BCUT2D eigenvalue weighted by molar-refractivity contribution is -0.124. The highest BCUT2D eigenvalue weighted by Gasteiger charge is 2.43. The maximum atomic E-state index is 13.5. The first-order chi connectivity index (χ1) is 15.2. The van der Waals surface area contributed by atoms with Gasteiger partial charge in [0.25, 0.3) is 5.91 Å². The van der Waals surface area contributed by atoms with Gasteiger partial charge in [0.05, 0.1) is 30.8 Å². The Hall–Kier alpha value is -3.51. The summed E-state index contributed by atoms with van der Waals surface area (Å²) >= 11 is 0. The average Bonchev–Trinajstić information content (AvgIpc) is 2.83. The van der Waals surface area contributed by atoms with Crippen LogP contribution in [0.25, 0.3) is 0 Å². The number of aromatic nitrogens is 1. The number of nitrogens with zero attached hydrogens (tertiary/aromatic N) is 2. The number of methoxy groups -OCH3 is 1. The third-order valence-electron chi connectivity index (χ3n) is 5.57. The van der Waals surface area contributed by atoms with Crippen LogP contribution in [0, 0.1) is 0 Å². The number of rotatable bonds is 7. The lowest BCUT2D eigenvalue weighted by Gasteiger charge is -2.41. The molecule has 3 aromatic rings. The van der Waals surface area contributed by atoms with Crippen molar-refractivity contribution in [1.29, 1.82) is 0 Å². The van der Waals surface area contributed by atoms with Crippen LogP contribution in [0.3, 0.4) is 0 Å². The van der Waals surface area contributed by atoms with Gasteiger partial charge in [0, 0.05) is 25.4 Å². The van der Waals surface area contributed by atoms with Crippen molar-refractivity contribution in [3.8, 4) is 0 Å². The third-order valence-corrected chi connectivity index (χ3v) is 5.57. The molecule has 1 N–H and O–H groups in total. The summed E-state index contributed by atoms with van der Waals surface area (Å²) in [5.74, 6) is -0.769. The molecule has 0 aliphatic carbocycles. The van der Waals surface area contributed by atoms with Crippen molar-refractivity contribution in [1.82, 2.24) is 15.2 Å². The van der Waals surface area contributed by atoms with Crippen LogP contribution in [-0.2, 0) is 16.1 Å². The summed E-state index contributed by atoms with van der Waals surface area (Å²) in [4.78, 5) is 33.0. The summed E-state index contributed by atoms with van der Waals surface area (Å²) in [5, 5.41) is 3.03. The van der Waals surface area contributed by atoms with Crippen LogP contribution in [0.5, 0.6) is 0 Å². The summed E-state index contributed by atoms with van der Waals surface area (Å²) < 4.78 is 5.26. The first kappa shape index (κ1) is 20.8. The number of carbonyl (C=O) groups excluding carboxylic acids is 2. The van der Waals surface area contributed by atoms with Crippen LogP contribution < -0.4 is 5.32 Å². The minimum atomic E-state index is -0.545. The largest absolute Gasteiger partial charge is 0.383 e. The quantitative estimate of drug-likeness (QED) is 0.643. The molecule has 2 atom stereocenters. The number of pyridine rings is 1. The molecule has 31 heavy (non-hydrogen) atoms. The van der Waals surface area contributed by atoms with Crippen LogP contribution >= 0.6 is 0 Å². The molecular formula is C25H25N3O3. The zero-order valence-electron chi connectivity index (χ0n) is 17.4. The van der Waals surface area contributed by atoms with Crippen molar-refractivity contribution in [2.45, 2.75) is 18.5 Å². The van der Waals surface area contributed by atoms with E-state index >= 15 is 0 Å². The number of hydrogen-bond donors (Lipinski definition) is 1. The molecule has 2 amide bonds. The molecule has 1 aromatic heterocycles. The van der Waals surface area contributed by atoms with Crippen molar-refractivity contribution < 1.29 is 14.3 Å². The van der Waals surface area contributed by atoms with Crippen LogP contribution in [0.2, 0.25) is 0 Å². The molecule has 2 heterocycles. The van der Waals surface area contributed by atoms with Gasteiger partial charge in [0.1, 0.15) is 0 Å². The Morgan fingerprint density at radius 3 is 2.52 bits per heavy atom. The topological polar surface area (TPSA) is 71.5 Å². The monoisotopic (exact) mass is 415 g/mol. The molecule has 2 aromatic carbocycles. The summed E-state index contributed by atoms with van der Waals surface area (Å²) in [6.45, 7) is 1.11. The molecule has 6 nitrogen and oxygen atoms in total. The normalized spacial score (nSPS) is 17.8. The summed E-state index contributed by atoms with van der Waals surface area (Å²) in [6, 6.07) is 22.3.